The van der Waals surface area contributed by atoms with Crippen molar-refractivity contribution in [3.63, 3.8) is 0 Å². The number of nitrogens with zero attached hydrogens (tertiary/aromatic N) is 1. The van der Waals surface area contributed by atoms with Crippen molar-refractivity contribution in [2.24, 2.45) is 4.99 Å². The van der Waals surface area contributed by atoms with Crippen molar-refractivity contribution in [1.82, 2.24) is 16.0 Å². The van der Waals surface area contributed by atoms with Gasteiger partial charge in [0.2, 0.25) is 5.91 Å². The molecule has 0 fully saturated rings. The summed E-state index contributed by atoms with van der Waals surface area (Å²) in [5.41, 5.74) is 0.453. The van der Waals surface area contributed by atoms with Crippen LogP contribution in [0.2, 0.25) is 0 Å². The summed E-state index contributed by atoms with van der Waals surface area (Å²) in [6.45, 7) is 4.29. The number of para-hydroxylation sites is 1. The second-order valence-corrected chi connectivity index (χ2v) is 5.45. The zero-order chi connectivity index (χ0) is 20.1. The van der Waals surface area contributed by atoms with Crippen LogP contribution in [0.4, 0.5) is 8.78 Å². The van der Waals surface area contributed by atoms with Gasteiger partial charge >= 0.3 is 6.61 Å². The minimum absolute atomic E-state index is 0.0327. The molecule has 152 valence electrons. The second kappa shape index (κ2) is 12.7. The highest BCUT2D eigenvalue weighted by molar-refractivity contribution is 5.86. The van der Waals surface area contributed by atoms with Gasteiger partial charge in [-0.25, -0.2) is 4.99 Å². The van der Waals surface area contributed by atoms with Gasteiger partial charge in [0.1, 0.15) is 0 Å². The van der Waals surface area contributed by atoms with E-state index >= 15 is 0 Å². The molecule has 0 aromatic heterocycles. The zero-order valence-corrected chi connectivity index (χ0v) is 16.0. The Morgan fingerprint density at radius 1 is 1.19 bits per heavy atom. The number of guanidine groups is 1. The number of aliphatic imine (C=N–C) groups is 1. The lowest BCUT2D eigenvalue weighted by atomic mass is 10.2. The molecule has 0 bridgehead atoms. The van der Waals surface area contributed by atoms with Gasteiger partial charge in [0.15, 0.2) is 17.5 Å². The van der Waals surface area contributed by atoms with Crippen molar-refractivity contribution in [3.8, 4) is 11.5 Å². The van der Waals surface area contributed by atoms with Gasteiger partial charge in [-0.2, -0.15) is 8.78 Å². The van der Waals surface area contributed by atoms with Crippen molar-refractivity contribution < 1.29 is 23.0 Å². The third-order valence-electron chi connectivity index (χ3n) is 3.31. The first kappa shape index (κ1) is 22.5. The number of rotatable bonds is 11. The third-order valence-corrected chi connectivity index (χ3v) is 3.31. The Labute approximate surface area is 158 Å². The van der Waals surface area contributed by atoms with Gasteiger partial charge in [-0.3, -0.25) is 4.79 Å². The van der Waals surface area contributed by atoms with E-state index in [0.29, 0.717) is 31.2 Å². The minimum atomic E-state index is -2.97. The molecule has 0 aliphatic carbocycles. The van der Waals surface area contributed by atoms with Crippen LogP contribution in [-0.4, -0.2) is 44.7 Å². The number of halogens is 2. The van der Waals surface area contributed by atoms with E-state index < -0.39 is 6.61 Å². The predicted molar refractivity (Wildman–Crippen MR) is 100 cm³/mol. The monoisotopic (exact) mass is 386 g/mol. The number of ether oxygens (including phenoxy) is 2. The molecule has 1 aromatic carbocycles. The van der Waals surface area contributed by atoms with Gasteiger partial charge in [-0.1, -0.05) is 19.1 Å². The van der Waals surface area contributed by atoms with E-state index in [1.165, 1.54) is 0 Å². The van der Waals surface area contributed by atoms with Gasteiger partial charge in [0.25, 0.3) is 0 Å². The van der Waals surface area contributed by atoms with E-state index in [1.54, 1.807) is 25.1 Å². The van der Waals surface area contributed by atoms with Gasteiger partial charge in [-0.05, 0) is 26.3 Å². The zero-order valence-electron chi connectivity index (χ0n) is 16.0. The quantitative estimate of drug-likeness (QED) is 0.401. The van der Waals surface area contributed by atoms with Crippen molar-refractivity contribution in [3.05, 3.63) is 23.8 Å². The topological polar surface area (TPSA) is 84.0 Å². The first-order valence-electron chi connectivity index (χ1n) is 9.00. The third kappa shape index (κ3) is 8.57. The highest BCUT2D eigenvalue weighted by Gasteiger charge is 2.15. The van der Waals surface area contributed by atoms with E-state index in [1.807, 2.05) is 13.8 Å². The summed E-state index contributed by atoms with van der Waals surface area (Å²) in [4.78, 5) is 16.0. The highest BCUT2D eigenvalue weighted by Crippen LogP contribution is 2.33. The Balaban J connectivity index is 2.88. The summed E-state index contributed by atoms with van der Waals surface area (Å²) in [6, 6.07) is 4.89. The summed E-state index contributed by atoms with van der Waals surface area (Å²) >= 11 is 0. The lowest BCUT2D eigenvalue weighted by molar-refractivity contribution is -0.120. The maximum Gasteiger partial charge on any atom is 0.387 e. The molecule has 0 spiro atoms. The molecule has 0 radical (unpaired) electrons. The maximum atomic E-state index is 12.8. The summed E-state index contributed by atoms with van der Waals surface area (Å²) in [7, 11) is 0. The van der Waals surface area contributed by atoms with Crippen LogP contribution in [0.5, 0.6) is 11.5 Å². The fraction of sp³-hybridized carbons (Fsp3) is 0.556. The predicted octanol–water partition coefficient (Wildman–Crippen LogP) is 2.27. The molecule has 1 rings (SSSR count). The molecule has 1 aromatic rings. The number of carbonyl (C=O) groups excluding carboxylic acids is 1. The molecular formula is C18H28F2N4O3. The van der Waals surface area contributed by atoms with E-state index in [2.05, 4.69) is 25.7 Å². The molecule has 0 aliphatic rings. The molecule has 0 heterocycles. The fourth-order valence-corrected chi connectivity index (χ4v) is 2.17. The van der Waals surface area contributed by atoms with E-state index in [4.69, 9.17) is 4.74 Å². The lowest BCUT2D eigenvalue weighted by Gasteiger charge is -2.15. The van der Waals surface area contributed by atoms with Crippen molar-refractivity contribution in [1.29, 1.82) is 0 Å². The number of alkyl halides is 2. The lowest BCUT2D eigenvalue weighted by Crippen LogP contribution is -2.43. The van der Waals surface area contributed by atoms with E-state index in [9.17, 15) is 13.6 Å². The molecule has 0 atom stereocenters. The average molecular weight is 386 g/mol. The Morgan fingerprint density at radius 3 is 2.59 bits per heavy atom. The van der Waals surface area contributed by atoms with Gasteiger partial charge in [0, 0.05) is 18.7 Å². The van der Waals surface area contributed by atoms with Crippen LogP contribution in [0.1, 0.15) is 32.8 Å². The molecule has 0 unspecified atom stereocenters. The summed E-state index contributed by atoms with van der Waals surface area (Å²) < 4.78 is 35.5. The number of benzene rings is 1. The van der Waals surface area contributed by atoms with Crippen molar-refractivity contribution in [2.45, 2.75) is 40.3 Å². The standard InChI is InChI=1S/C18H28F2N4O3/c1-4-10-22-15(25)12-24-18(21-5-2)23-11-13-8-7-9-14(26-6-3)16(13)27-17(19)20/h7-9,17H,4-6,10-12H2,1-3H3,(H,22,25)(H2,21,23,24). The highest BCUT2D eigenvalue weighted by atomic mass is 19.3. The molecule has 0 saturated carbocycles. The van der Waals surface area contributed by atoms with Crippen LogP contribution >= 0.6 is 0 Å². The number of hydrogen-bond donors (Lipinski definition) is 3. The first-order valence-corrected chi connectivity index (χ1v) is 9.00. The van der Waals surface area contributed by atoms with Crippen LogP contribution in [0.25, 0.3) is 0 Å². The second-order valence-electron chi connectivity index (χ2n) is 5.45. The van der Waals surface area contributed by atoms with Crippen LogP contribution in [0, 0.1) is 0 Å². The molecule has 7 nitrogen and oxygen atoms in total. The fourth-order valence-electron chi connectivity index (χ4n) is 2.17. The maximum absolute atomic E-state index is 12.8. The average Bonchev–Trinajstić information content (AvgIpc) is 2.64. The van der Waals surface area contributed by atoms with Gasteiger partial charge in [0.05, 0.1) is 19.7 Å². The molecule has 0 aliphatic heterocycles. The first-order chi connectivity index (χ1) is 13.0. The number of carbonyl (C=O) groups is 1. The number of hydrogen-bond acceptors (Lipinski definition) is 4. The minimum Gasteiger partial charge on any atom is -0.490 e. The molecule has 27 heavy (non-hydrogen) atoms. The van der Waals surface area contributed by atoms with Crippen LogP contribution in [-0.2, 0) is 11.3 Å². The summed E-state index contributed by atoms with van der Waals surface area (Å²) in [6.07, 6.45) is 0.850. The molecule has 1 amide bonds. The smallest absolute Gasteiger partial charge is 0.387 e. The SMILES string of the molecule is CCCNC(=O)CNC(=NCc1cccc(OCC)c1OC(F)F)NCC. The summed E-state index contributed by atoms with van der Waals surface area (Å²) in [5, 5.41) is 8.66. The van der Waals surface area contributed by atoms with Gasteiger partial charge in [-0.15, -0.1) is 0 Å². The van der Waals surface area contributed by atoms with E-state index in [0.717, 1.165) is 6.42 Å². The Kier molecular flexibility index (Phi) is 10.6. The molecule has 9 heteroatoms. The van der Waals surface area contributed by atoms with Crippen LogP contribution in [0.3, 0.4) is 0 Å². The Morgan fingerprint density at radius 2 is 1.96 bits per heavy atom. The van der Waals surface area contributed by atoms with Crippen LogP contribution < -0.4 is 25.4 Å². The normalized spacial score (nSPS) is 11.3. The van der Waals surface area contributed by atoms with Crippen molar-refractivity contribution >= 4 is 11.9 Å². The Bertz CT molecular complexity index is 612. The Hall–Kier alpha value is -2.58. The largest absolute Gasteiger partial charge is 0.490 e. The summed E-state index contributed by atoms with van der Waals surface area (Å²) in [5.74, 6) is 0.452. The van der Waals surface area contributed by atoms with Gasteiger partial charge < -0.3 is 25.4 Å². The van der Waals surface area contributed by atoms with Crippen molar-refractivity contribution in [2.75, 3.05) is 26.2 Å². The number of nitrogens with one attached hydrogen (secondary N) is 3. The van der Waals surface area contributed by atoms with Crippen LogP contribution in [0.15, 0.2) is 23.2 Å². The van der Waals surface area contributed by atoms with E-state index in [-0.39, 0.29) is 30.5 Å². The number of amides is 1. The molecule has 3 N–H and O–H groups in total. The molecule has 0 saturated heterocycles. The molecular weight excluding hydrogens is 358 g/mol.